The molecule has 0 radical (unpaired) electrons. The third-order valence-corrected chi connectivity index (χ3v) is 4.68. The summed E-state index contributed by atoms with van der Waals surface area (Å²) < 4.78 is 5.66. The third-order valence-electron chi connectivity index (χ3n) is 3.93. The summed E-state index contributed by atoms with van der Waals surface area (Å²) in [5, 5.41) is 3.30. The lowest BCUT2D eigenvalue weighted by Gasteiger charge is -2.27. The van der Waals surface area contributed by atoms with E-state index in [1.807, 2.05) is 4.90 Å². The zero-order chi connectivity index (χ0) is 13.9. The fraction of sp³-hybridized carbons (Fsp3) is 0.533. The average molecular weight is 292 g/mol. The van der Waals surface area contributed by atoms with E-state index in [9.17, 15) is 4.79 Å². The van der Waals surface area contributed by atoms with Crippen molar-refractivity contribution in [1.82, 2.24) is 10.2 Å². The fourth-order valence-electron chi connectivity index (χ4n) is 2.84. The molecule has 2 unspecified atom stereocenters. The van der Waals surface area contributed by atoms with Gasteiger partial charge in [0, 0.05) is 18.0 Å². The minimum absolute atomic E-state index is 0.0115. The molecular weight excluding hydrogens is 272 g/mol. The van der Waals surface area contributed by atoms with Gasteiger partial charge in [-0.05, 0) is 36.8 Å². The van der Waals surface area contributed by atoms with Crippen LogP contribution in [0.5, 0.6) is 0 Å². The fourth-order valence-corrected chi connectivity index (χ4v) is 3.25. The number of hydrogen-bond acceptors (Lipinski definition) is 4. The Morgan fingerprint density at radius 2 is 2.20 bits per heavy atom. The first-order valence-corrected chi connectivity index (χ1v) is 8.29. The second-order valence-electron chi connectivity index (χ2n) is 5.24. The maximum absolute atomic E-state index is 12.1. The number of carbonyl (C=O) groups is 1. The lowest BCUT2D eigenvalue weighted by Crippen LogP contribution is -2.36. The van der Waals surface area contributed by atoms with Crippen molar-refractivity contribution < 1.29 is 9.53 Å². The van der Waals surface area contributed by atoms with Gasteiger partial charge in [-0.15, -0.1) is 11.8 Å². The predicted octanol–water partition coefficient (Wildman–Crippen LogP) is 2.02. The number of nitrogens with zero attached hydrogens (tertiary/aromatic N) is 1. The summed E-state index contributed by atoms with van der Waals surface area (Å²) in [6.45, 7) is 1.94. The Morgan fingerprint density at radius 1 is 1.40 bits per heavy atom. The second-order valence-corrected chi connectivity index (χ2v) is 6.12. The van der Waals surface area contributed by atoms with Crippen LogP contribution in [0.25, 0.3) is 0 Å². The quantitative estimate of drug-likeness (QED) is 0.862. The van der Waals surface area contributed by atoms with Gasteiger partial charge in [-0.3, -0.25) is 10.1 Å². The molecule has 1 N–H and O–H groups in total. The zero-order valence-corrected chi connectivity index (χ0v) is 12.5. The van der Waals surface area contributed by atoms with Crippen LogP contribution >= 0.6 is 11.8 Å². The Kier molecular flexibility index (Phi) is 4.29. The highest BCUT2D eigenvalue weighted by Crippen LogP contribution is 2.26. The summed E-state index contributed by atoms with van der Waals surface area (Å²) in [4.78, 5) is 15.2. The first-order chi connectivity index (χ1) is 9.78. The lowest BCUT2D eigenvalue weighted by molar-refractivity contribution is -0.129. The molecule has 2 aliphatic rings. The molecule has 2 aliphatic heterocycles. The highest BCUT2D eigenvalue weighted by atomic mass is 32.2. The molecule has 20 heavy (non-hydrogen) atoms. The number of hydrogen-bond donors (Lipinski definition) is 1. The molecule has 1 aromatic rings. The Bertz CT molecular complexity index is 471. The molecule has 1 amide bonds. The largest absolute Gasteiger partial charge is 0.376 e. The maximum Gasteiger partial charge on any atom is 0.238 e. The highest BCUT2D eigenvalue weighted by Gasteiger charge is 2.34. The van der Waals surface area contributed by atoms with Crippen molar-refractivity contribution in [3.8, 4) is 0 Å². The SMILES string of the molecule is CSc1ccc(C2NCC(=O)N2CC2CCCO2)cc1. The monoisotopic (exact) mass is 292 g/mol. The molecule has 2 fully saturated rings. The molecule has 0 bridgehead atoms. The average Bonchev–Trinajstić information content (AvgIpc) is 3.11. The van der Waals surface area contributed by atoms with Crippen molar-refractivity contribution in [2.75, 3.05) is 26.0 Å². The molecule has 2 atom stereocenters. The number of nitrogens with one attached hydrogen (secondary N) is 1. The van der Waals surface area contributed by atoms with Crippen LogP contribution in [0.4, 0.5) is 0 Å². The summed E-state index contributed by atoms with van der Waals surface area (Å²) >= 11 is 1.73. The number of thioether (sulfide) groups is 1. The summed E-state index contributed by atoms with van der Waals surface area (Å²) in [6.07, 6.45) is 4.42. The summed E-state index contributed by atoms with van der Waals surface area (Å²) in [7, 11) is 0. The van der Waals surface area contributed by atoms with Gasteiger partial charge in [-0.1, -0.05) is 12.1 Å². The second kappa shape index (κ2) is 6.16. The smallest absolute Gasteiger partial charge is 0.238 e. The number of amides is 1. The zero-order valence-electron chi connectivity index (χ0n) is 11.7. The predicted molar refractivity (Wildman–Crippen MR) is 79.7 cm³/mol. The Morgan fingerprint density at radius 3 is 2.85 bits per heavy atom. The van der Waals surface area contributed by atoms with E-state index in [0.29, 0.717) is 13.1 Å². The number of benzene rings is 1. The molecule has 4 nitrogen and oxygen atoms in total. The molecule has 1 aromatic carbocycles. The number of carbonyl (C=O) groups excluding carboxylic acids is 1. The first-order valence-electron chi connectivity index (χ1n) is 7.06. The third kappa shape index (κ3) is 2.85. The van der Waals surface area contributed by atoms with E-state index in [4.69, 9.17) is 4.74 Å². The Labute approximate surface area is 123 Å². The Balaban J connectivity index is 1.74. The minimum atomic E-state index is -0.0115. The molecule has 0 spiro atoms. The Hall–Kier alpha value is -1.04. The van der Waals surface area contributed by atoms with Gasteiger partial charge in [0.15, 0.2) is 0 Å². The van der Waals surface area contributed by atoms with Crippen molar-refractivity contribution in [2.24, 2.45) is 0 Å². The molecule has 2 saturated heterocycles. The molecule has 0 aliphatic carbocycles. The molecule has 5 heteroatoms. The van der Waals surface area contributed by atoms with Crippen LogP contribution in [-0.2, 0) is 9.53 Å². The van der Waals surface area contributed by atoms with Crippen LogP contribution in [0.1, 0.15) is 24.6 Å². The summed E-state index contributed by atoms with van der Waals surface area (Å²) in [6, 6.07) is 8.42. The van der Waals surface area contributed by atoms with Crippen LogP contribution in [-0.4, -0.2) is 42.9 Å². The number of ether oxygens (including phenoxy) is 1. The van der Waals surface area contributed by atoms with E-state index in [2.05, 4.69) is 35.8 Å². The van der Waals surface area contributed by atoms with Gasteiger partial charge in [0.2, 0.25) is 5.91 Å². The van der Waals surface area contributed by atoms with Gasteiger partial charge in [0.1, 0.15) is 6.17 Å². The molecule has 0 saturated carbocycles. The molecular formula is C15H20N2O2S. The van der Waals surface area contributed by atoms with Crippen LogP contribution in [0.3, 0.4) is 0 Å². The van der Waals surface area contributed by atoms with E-state index >= 15 is 0 Å². The van der Waals surface area contributed by atoms with Crippen LogP contribution in [0.2, 0.25) is 0 Å². The lowest BCUT2D eigenvalue weighted by atomic mass is 10.1. The molecule has 2 heterocycles. The van der Waals surface area contributed by atoms with Crippen LogP contribution in [0, 0.1) is 0 Å². The molecule has 0 aromatic heterocycles. The van der Waals surface area contributed by atoms with Crippen molar-refractivity contribution in [3.63, 3.8) is 0 Å². The van der Waals surface area contributed by atoms with E-state index < -0.39 is 0 Å². The van der Waals surface area contributed by atoms with Gasteiger partial charge in [-0.25, -0.2) is 0 Å². The van der Waals surface area contributed by atoms with E-state index in [1.165, 1.54) is 4.90 Å². The van der Waals surface area contributed by atoms with Crippen molar-refractivity contribution in [3.05, 3.63) is 29.8 Å². The van der Waals surface area contributed by atoms with Gasteiger partial charge < -0.3 is 9.64 Å². The van der Waals surface area contributed by atoms with Crippen molar-refractivity contribution in [1.29, 1.82) is 0 Å². The standard InChI is InChI=1S/C15H20N2O2S/c1-20-13-6-4-11(5-7-13)15-16-9-14(18)17(15)10-12-3-2-8-19-12/h4-7,12,15-16H,2-3,8-10H2,1H3. The van der Waals surface area contributed by atoms with E-state index in [0.717, 1.165) is 25.0 Å². The normalized spacial score (nSPS) is 26.4. The summed E-state index contributed by atoms with van der Waals surface area (Å²) in [5.41, 5.74) is 1.15. The van der Waals surface area contributed by atoms with E-state index in [-0.39, 0.29) is 18.2 Å². The van der Waals surface area contributed by atoms with Crippen molar-refractivity contribution >= 4 is 17.7 Å². The highest BCUT2D eigenvalue weighted by molar-refractivity contribution is 7.98. The maximum atomic E-state index is 12.1. The molecule has 3 rings (SSSR count). The minimum Gasteiger partial charge on any atom is -0.376 e. The van der Waals surface area contributed by atoms with Gasteiger partial charge in [0.25, 0.3) is 0 Å². The number of rotatable bonds is 4. The van der Waals surface area contributed by atoms with Crippen LogP contribution in [0.15, 0.2) is 29.2 Å². The topological polar surface area (TPSA) is 41.6 Å². The van der Waals surface area contributed by atoms with Gasteiger partial charge in [-0.2, -0.15) is 0 Å². The molecule has 108 valence electrons. The van der Waals surface area contributed by atoms with Gasteiger partial charge >= 0.3 is 0 Å². The van der Waals surface area contributed by atoms with Crippen molar-refractivity contribution in [2.45, 2.75) is 30.0 Å². The summed E-state index contributed by atoms with van der Waals surface area (Å²) in [5.74, 6) is 0.166. The van der Waals surface area contributed by atoms with Gasteiger partial charge in [0.05, 0.1) is 12.6 Å². The van der Waals surface area contributed by atoms with Crippen LogP contribution < -0.4 is 5.32 Å². The van der Waals surface area contributed by atoms with E-state index in [1.54, 1.807) is 11.8 Å². The first kappa shape index (κ1) is 13.9.